The Morgan fingerprint density at radius 2 is 2.19 bits per heavy atom. The second-order valence-electron chi connectivity index (χ2n) is 6.79. The number of benzene rings is 1. The molecule has 6 nitrogen and oxygen atoms in total. The molecule has 2 aromatic rings. The van der Waals surface area contributed by atoms with Gasteiger partial charge in [-0.15, -0.1) is 24.0 Å². The molecular weight excluding hydrogens is 453 g/mol. The van der Waals surface area contributed by atoms with Crippen LogP contribution in [0.15, 0.2) is 35.5 Å². The van der Waals surface area contributed by atoms with Crippen molar-refractivity contribution in [1.29, 1.82) is 0 Å². The summed E-state index contributed by atoms with van der Waals surface area (Å²) in [5.74, 6) is 1.05. The van der Waals surface area contributed by atoms with Gasteiger partial charge in [-0.1, -0.05) is 25.1 Å². The summed E-state index contributed by atoms with van der Waals surface area (Å²) in [4.78, 5) is 21.4. The number of nitrogens with zero attached hydrogens (tertiary/aromatic N) is 2. The minimum atomic E-state index is 0. The second-order valence-corrected chi connectivity index (χ2v) is 6.79. The van der Waals surface area contributed by atoms with Crippen LogP contribution in [0.2, 0.25) is 0 Å². The summed E-state index contributed by atoms with van der Waals surface area (Å²) in [5, 5.41) is 8.13. The van der Waals surface area contributed by atoms with Gasteiger partial charge < -0.3 is 20.5 Å². The Kier molecular flexibility index (Phi) is 8.40. The van der Waals surface area contributed by atoms with E-state index < -0.39 is 0 Å². The van der Waals surface area contributed by atoms with E-state index in [0.29, 0.717) is 6.42 Å². The van der Waals surface area contributed by atoms with Gasteiger partial charge in [0.1, 0.15) is 0 Å². The van der Waals surface area contributed by atoms with E-state index in [-0.39, 0.29) is 35.9 Å². The molecule has 0 aliphatic carbocycles. The summed E-state index contributed by atoms with van der Waals surface area (Å²) in [6.07, 6.45) is 5.72. The topological polar surface area (TPSA) is 72.5 Å². The first kappa shape index (κ1) is 21.5. The number of guanidine groups is 1. The number of carbonyl (C=O) groups excluding carboxylic acids is 1. The van der Waals surface area contributed by atoms with Crippen LogP contribution in [0.3, 0.4) is 0 Å². The minimum Gasteiger partial charge on any atom is -0.361 e. The van der Waals surface area contributed by atoms with Gasteiger partial charge in [-0.05, 0) is 30.9 Å². The number of aliphatic imine (C=N–C) groups is 1. The molecule has 0 radical (unpaired) electrons. The molecule has 1 amide bonds. The first-order valence-electron chi connectivity index (χ1n) is 9.51. The SMILES string of the molecule is CCC(=O)N1CCC(NC(=NC)NCCCc2c[nH]c3ccccc23)C1.I. The smallest absolute Gasteiger partial charge is 0.222 e. The van der Waals surface area contributed by atoms with Crippen LogP contribution in [0.4, 0.5) is 0 Å². The maximum absolute atomic E-state index is 11.8. The zero-order valence-corrected chi connectivity index (χ0v) is 18.5. The van der Waals surface area contributed by atoms with Gasteiger partial charge in [0, 0.05) is 56.2 Å². The number of hydrogen-bond acceptors (Lipinski definition) is 2. The lowest BCUT2D eigenvalue weighted by molar-refractivity contribution is -0.129. The Morgan fingerprint density at radius 3 is 2.96 bits per heavy atom. The van der Waals surface area contributed by atoms with E-state index in [0.717, 1.165) is 44.9 Å². The Balaban J connectivity index is 0.00000261. The summed E-state index contributed by atoms with van der Waals surface area (Å²) in [5.41, 5.74) is 2.55. The van der Waals surface area contributed by atoms with E-state index >= 15 is 0 Å². The van der Waals surface area contributed by atoms with Crippen molar-refractivity contribution in [1.82, 2.24) is 20.5 Å². The van der Waals surface area contributed by atoms with Gasteiger partial charge in [-0.2, -0.15) is 0 Å². The van der Waals surface area contributed by atoms with E-state index in [2.05, 4.69) is 51.1 Å². The van der Waals surface area contributed by atoms with Crippen molar-refractivity contribution >= 4 is 46.7 Å². The van der Waals surface area contributed by atoms with Gasteiger partial charge in [0.05, 0.1) is 0 Å². The normalized spacial score (nSPS) is 17.0. The third-order valence-corrected chi connectivity index (χ3v) is 5.00. The monoisotopic (exact) mass is 483 g/mol. The molecule has 3 rings (SSSR count). The molecule has 1 atom stereocenters. The molecule has 1 aromatic carbocycles. The summed E-state index contributed by atoms with van der Waals surface area (Å²) >= 11 is 0. The number of nitrogens with one attached hydrogen (secondary N) is 3. The van der Waals surface area contributed by atoms with Crippen molar-refractivity contribution in [3.63, 3.8) is 0 Å². The zero-order valence-electron chi connectivity index (χ0n) is 16.1. The van der Waals surface area contributed by atoms with E-state index in [1.165, 1.54) is 16.5 Å². The zero-order chi connectivity index (χ0) is 18.4. The van der Waals surface area contributed by atoms with E-state index in [4.69, 9.17) is 0 Å². The number of rotatable bonds is 6. The van der Waals surface area contributed by atoms with Crippen LogP contribution in [0.5, 0.6) is 0 Å². The number of hydrogen-bond donors (Lipinski definition) is 3. The molecule has 0 bridgehead atoms. The highest BCUT2D eigenvalue weighted by atomic mass is 127. The summed E-state index contributed by atoms with van der Waals surface area (Å²) in [7, 11) is 1.79. The highest BCUT2D eigenvalue weighted by Crippen LogP contribution is 2.18. The average molecular weight is 483 g/mol. The number of fused-ring (bicyclic) bond motifs is 1. The minimum absolute atomic E-state index is 0. The van der Waals surface area contributed by atoms with Crippen molar-refractivity contribution in [3.8, 4) is 0 Å². The van der Waals surface area contributed by atoms with Crippen LogP contribution < -0.4 is 10.6 Å². The second kappa shape index (κ2) is 10.5. The molecule has 7 heteroatoms. The largest absolute Gasteiger partial charge is 0.361 e. The van der Waals surface area contributed by atoms with Crippen LogP contribution in [0.1, 0.15) is 31.7 Å². The van der Waals surface area contributed by atoms with Crippen LogP contribution in [0.25, 0.3) is 10.9 Å². The van der Waals surface area contributed by atoms with Crippen molar-refractivity contribution in [3.05, 3.63) is 36.0 Å². The molecule has 1 aromatic heterocycles. The summed E-state index contributed by atoms with van der Waals surface area (Å²) in [6, 6.07) is 8.69. The van der Waals surface area contributed by atoms with Gasteiger partial charge in [0.2, 0.25) is 5.91 Å². The molecule has 1 saturated heterocycles. The highest BCUT2D eigenvalue weighted by molar-refractivity contribution is 14.0. The molecule has 1 aliphatic heterocycles. The van der Waals surface area contributed by atoms with Crippen LogP contribution >= 0.6 is 24.0 Å². The first-order chi connectivity index (χ1) is 12.7. The maximum Gasteiger partial charge on any atom is 0.222 e. The number of halogens is 1. The van der Waals surface area contributed by atoms with Crippen molar-refractivity contribution in [2.75, 3.05) is 26.7 Å². The molecule has 148 valence electrons. The summed E-state index contributed by atoms with van der Waals surface area (Å²) < 4.78 is 0. The van der Waals surface area contributed by atoms with Gasteiger partial charge in [0.15, 0.2) is 5.96 Å². The highest BCUT2D eigenvalue weighted by Gasteiger charge is 2.25. The third kappa shape index (κ3) is 5.60. The van der Waals surface area contributed by atoms with Crippen LogP contribution in [-0.4, -0.2) is 54.5 Å². The van der Waals surface area contributed by atoms with Crippen molar-refractivity contribution in [2.45, 2.75) is 38.6 Å². The van der Waals surface area contributed by atoms with Gasteiger partial charge >= 0.3 is 0 Å². The molecule has 1 fully saturated rings. The van der Waals surface area contributed by atoms with Crippen LogP contribution in [0, 0.1) is 0 Å². The molecule has 2 heterocycles. The molecule has 0 saturated carbocycles. The summed E-state index contributed by atoms with van der Waals surface area (Å²) in [6.45, 7) is 4.38. The van der Waals surface area contributed by atoms with E-state index in [9.17, 15) is 4.79 Å². The molecule has 1 unspecified atom stereocenters. The fourth-order valence-electron chi connectivity index (χ4n) is 3.54. The standard InChI is InChI=1S/C20H29N5O.HI/c1-3-19(26)25-12-10-16(14-25)24-20(21-2)22-11-6-7-15-13-23-18-9-5-4-8-17(15)18;/h4-5,8-9,13,16,23H,3,6-7,10-12,14H2,1-2H3,(H2,21,22,24);1H. The average Bonchev–Trinajstić information content (AvgIpc) is 3.30. The molecular formula is C20H30IN5O. The van der Waals surface area contributed by atoms with E-state index in [1.807, 2.05) is 11.8 Å². The molecule has 27 heavy (non-hydrogen) atoms. The number of amides is 1. The quantitative estimate of drug-likeness (QED) is 0.256. The number of likely N-dealkylation sites (tertiary alicyclic amines) is 1. The van der Waals surface area contributed by atoms with E-state index in [1.54, 1.807) is 7.05 Å². The van der Waals surface area contributed by atoms with Gasteiger partial charge in [0.25, 0.3) is 0 Å². The maximum atomic E-state index is 11.8. The molecule has 3 N–H and O–H groups in total. The molecule has 0 spiro atoms. The van der Waals surface area contributed by atoms with Gasteiger partial charge in [-0.25, -0.2) is 0 Å². The number of para-hydroxylation sites is 1. The lowest BCUT2D eigenvalue weighted by atomic mass is 10.1. The Bertz CT molecular complexity index is 773. The van der Waals surface area contributed by atoms with Crippen molar-refractivity contribution in [2.24, 2.45) is 4.99 Å². The number of aromatic nitrogens is 1. The lowest BCUT2D eigenvalue weighted by Gasteiger charge is -2.18. The Hall–Kier alpha value is -1.77. The number of carbonyl (C=O) groups is 1. The third-order valence-electron chi connectivity index (χ3n) is 5.00. The molecule has 1 aliphatic rings. The first-order valence-corrected chi connectivity index (χ1v) is 9.51. The van der Waals surface area contributed by atoms with Gasteiger partial charge in [-0.3, -0.25) is 9.79 Å². The fraction of sp³-hybridized carbons (Fsp3) is 0.500. The predicted octanol–water partition coefficient (Wildman–Crippen LogP) is 2.89. The number of H-pyrrole nitrogens is 1. The Morgan fingerprint density at radius 1 is 1.37 bits per heavy atom. The van der Waals surface area contributed by atoms with Crippen molar-refractivity contribution < 1.29 is 4.79 Å². The predicted molar refractivity (Wildman–Crippen MR) is 122 cm³/mol. The number of aryl methyl sites for hydroxylation is 1. The number of aromatic amines is 1. The van der Waals surface area contributed by atoms with Crippen LogP contribution in [-0.2, 0) is 11.2 Å². The lowest BCUT2D eigenvalue weighted by Crippen LogP contribution is -2.45. The Labute approximate surface area is 178 Å². The fourth-order valence-corrected chi connectivity index (χ4v) is 3.54.